The Morgan fingerprint density at radius 1 is 1.17 bits per heavy atom. The highest BCUT2D eigenvalue weighted by molar-refractivity contribution is 5.77. The van der Waals surface area contributed by atoms with Crippen LogP contribution in [0.1, 0.15) is 51.9 Å². The fourth-order valence-electron chi connectivity index (χ4n) is 2.30. The zero-order chi connectivity index (χ0) is 13.1. The van der Waals surface area contributed by atoms with Crippen molar-refractivity contribution in [2.45, 2.75) is 57.9 Å². The highest BCUT2D eigenvalue weighted by Gasteiger charge is 2.14. The summed E-state index contributed by atoms with van der Waals surface area (Å²) in [5.74, 6) is 0.0393. The monoisotopic (exact) mass is 256 g/mol. The summed E-state index contributed by atoms with van der Waals surface area (Å²) >= 11 is 0. The van der Waals surface area contributed by atoms with E-state index in [1.54, 1.807) is 0 Å². The van der Waals surface area contributed by atoms with Crippen molar-refractivity contribution in [1.29, 1.82) is 0 Å². The predicted molar refractivity (Wildman–Crippen MR) is 73.6 cm³/mol. The van der Waals surface area contributed by atoms with E-state index in [-0.39, 0.29) is 12.5 Å². The maximum absolute atomic E-state index is 11.7. The Morgan fingerprint density at radius 2 is 1.89 bits per heavy atom. The first kappa shape index (κ1) is 15.4. The molecular weight excluding hydrogens is 228 g/mol. The molecule has 0 heterocycles. The van der Waals surface area contributed by atoms with Crippen molar-refractivity contribution >= 4 is 5.91 Å². The van der Waals surface area contributed by atoms with Gasteiger partial charge in [-0.15, -0.1) is 0 Å². The molecule has 1 aliphatic rings. The molecule has 0 aromatic heterocycles. The minimum atomic E-state index is 0.0393. The molecule has 0 unspecified atom stereocenters. The summed E-state index contributed by atoms with van der Waals surface area (Å²) in [6, 6.07) is 0.377. The van der Waals surface area contributed by atoms with E-state index in [4.69, 9.17) is 4.74 Å². The molecule has 0 aromatic carbocycles. The predicted octanol–water partition coefficient (Wildman–Crippen LogP) is 1.84. The Balaban J connectivity index is 1.98. The fourth-order valence-corrected chi connectivity index (χ4v) is 2.30. The molecule has 1 saturated carbocycles. The lowest BCUT2D eigenvalue weighted by Gasteiger charge is -2.16. The van der Waals surface area contributed by atoms with E-state index >= 15 is 0 Å². The van der Waals surface area contributed by atoms with Crippen molar-refractivity contribution < 1.29 is 9.53 Å². The number of nitrogens with one attached hydrogen (secondary N) is 2. The van der Waals surface area contributed by atoms with Gasteiger partial charge in [-0.1, -0.05) is 32.6 Å². The second-order valence-corrected chi connectivity index (χ2v) is 5.06. The molecule has 0 spiro atoms. The van der Waals surface area contributed by atoms with E-state index in [1.165, 1.54) is 25.7 Å². The highest BCUT2D eigenvalue weighted by atomic mass is 16.5. The molecule has 2 N–H and O–H groups in total. The number of hydrogen-bond donors (Lipinski definition) is 2. The summed E-state index contributed by atoms with van der Waals surface area (Å²) in [5.41, 5.74) is 0. The largest absolute Gasteiger partial charge is 0.370 e. The average molecular weight is 256 g/mol. The second kappa shape index (κ2) is 10.3. The van der Waals surface area contributed by atoms with E-state index < -0.39 is 0 Å². The molecule has 18 heavy (non-hydrogen) atoms. The lowest BCUT2D eigenvalue weighted by atomic mass is 10.1. The van der Waals surface area contributed by atoms with Crippen LogP contribution in [-0.2, 0) is 9.53 Å². The molecule has 0 saturated heterocycles. The summed E-state index contributed by atoms with van der Waals surface area (Å²) in [6.45, 7) is 4.78. The van der Waals surface area contributed by atoms with Gasteiger partial charge in [0.25, 0.3) is 0 Å². The van der Waals surface area contributed by atoms with Crippen molar-refractivity contribution in [3.63, 3.8) is 0 Å². The summed E-state index contributed by atoms with van der Waals surface area (Å²) in [7, 11) is 0. The van der Waals surface area contributed by atoms with Crippen LogP contribution >= 0.6 is 0 Å². The minimum absolute atomic E-state index is 0.0393. The van der Waals surface area contributed by atoms with Gasteiger partial charge in [0.05, 0.1) is 6.61 Å². The number of rotatable bonds is 8. The van der Waals surface area contributed by atoms with Gasteiger partial charge in [-0.3, -0.25) is 4.79 Å². The SMILES string of the molecule is CCCNCCOCC(=O)NC1CCCCCC1. The number of amides is 1. The van der Waals surface area contributed by atoms with Crippen molar-refractivity contribution in [1.82, 2.24) is 10.6 Å². The summed E-state index contributed by atoms with van der Waals surface area (Å²) in [4.78, 5) is 11.7. The molecule has 1 amide bonds. The van der Waals surface area contributed by atoms with Crippen LogP contribution in [0.5, 0.6) is 0 Å². The van der Waals surface area contributed by atoms with Gasteiger partial charge in [-0.25, -0.2) is 0 Å². The molecule has 1 rings (SSSR count). The summed E-state index contributed by atoms with van der Waals surface area (Å²) in [5, 5.41) is 6.32. The van der Waals surface area contributed by atoms with E-state index in [2.05, 4.69) is 17.6 Å². The van der Waals surface area contributed by atoms with Crippen molar-refractivity contribution in [2.24, 2.45) is 0 Å². The molecule has 1 fully saturated rings. The zero-order valence-electron chi connectivity index (χ0n) is 11.7. The van der Waals surface area contributed by atoms with Crippen LogP contribution in [0.4, 0.5) is 0 Å². The maximum Gasteiger partial charge on any atom is 0.246 e. The molecule has 0 radical (unpaired) electrons. The van der Waals surface area contributed by atoms with Crippen LogP contribution in [-0.4, -0.2) is 38.3 Å². The Hall–Kier alpha value is -0.610. The standard InChI is InChI=1S/C14H28N2O2/c1-2-9-15-10-11-18-12-14(17)16-13-7-5-3-4-6-8-13/h13,15H,2-12H2,1H3,(H,16,17). The molecule has 106 valence electrons. The van der Waals surface area contributed by atoms with E-state index in [0.29, 0.717) is 12.6 Å². The maximum atomic E-state index is 11.7. The van der Waals surface area contributed by atoms with Crippen LogP contribution in [0, 0.1) is 0 Å². The fraction of sp³-hybridized carbons (Fsp3) is 0.929. The van der Waals surface area contributed by atoms with Gasteiger partial charge in [0.15, 0.2) is 0 Å². The number of carbonyl (C=O) groups excluding carboxylic acids is 1. The van der Waals surface area contributed by atoms with Crippen LogP contribution in [0.2, 0.25) is 0 Å². The van der Waals surface area contributed by atoms with Gasteiger partial charge in [0.1, 0.15) is 6.61 Å². The Bertz CT molecular complexity index is 214. The zero-order valence-corrected chi connectivity index (χ0v) is 11.7. The Kier molecular flexibility index (Phi) is 8.86. The van der Waals surface area contributed by atoms with E-state index in [9.17, 15) is 4.79 Å². The van der Waals surface area contributed by atoms with Gasteiger partial charge >= 0.3 is 0 Å². The molecule has 0 atom stereocenters. The van der Waals surface area contributed by atoms with Crippen molar-refractivity contribution in [3.8, 4) is 0 Å². The molecule has 4 nitrogen and oxygen atoms in total. The quantitative estimate of drug-likeness (QED) is 0.515. The summed E-state index contributed by atoms with van der Waals surface area (Å²) < 4.78 is 5.34. The lowest BCUT2D eigenvalue weighted by Crippen LogP contribution is -2.37. The number of carbonyl (C=O) groups is 1. The van der Waals surface area contributed by atoms with Crippen molar-refractivity contribution in [3.05, 3.63) is 0 Å². The van der Waals surface area contributed by atoms with Gasteiger partial charge in [-0.2, -0.15) is 0 Å². The van der Waals surface area contributed by atoms with Crippen LogP contribution < -0.4 is 10.6 Å². The van der Waals surface area contributed by atoms with Crippen molar-refractivity contribution in [2.75, 3.05) is 26.3 Å². The normalized spacial score (nSPS) is 17.4. The average Bonchev–Trinajstić information content (AvgIpc) is 2.62. The minimum Gasteiger partial charge on any atom is -0.370 e. The first-order valence-electron chi connectivity index (χ1n) is 7.40. The molecule has 0 aliphatic heterocycles. The smallest absolute Gasteiger partial charge is 0.246 e. The summed E-state index contributed by atoms with van der Waals surface area (Å²) in [6.07, 6.45) is 8.49. The molecule has 0 aromatic rings. The van der Waals surface area contributed by atoms with Gasteiger partial charge in [-0.05, 0) is 25.8 Å². The van der Waals surface area contributed by atoms with E-state index in [1.807, 2.05) is 0 Å². The van der Waals surface area contributed by atoms with Gasteiger partial charge in [0, 0.05) is 12.6 Å². The third-order valence-electron chi connectivity index (χ3n) is 3.30. The van der Waals surface area contributed by atoms with E-state index in [0.717, 1.165) is 32.4 Å². The molecule has 1 aliphatic carbocycles. The topological polar surface area (TPSA) is 50.4 Å². The highest BCUT2D eigenvalue weighted by Crippen LogP contribution is 2.16. The lowest BCUT2D eigenvalue weighted by molar-refractivity contribution is -0.126. The molecular formula is C14H28N2O2. The third kappa shape index (κ3) is 7.67. The second-order valence-electron chi connectivity index (χ2n) is 5.06. The first-order chi connectivity index (χ1) is 8.83. The Labute approximate surface area is 111 Å². The Morgan fingerprint density at radius 3 is 2.56 bits per heavy atom. The van der Waals surface area contributed by atoms with Crippen LogP contribution in [0.25, 0.3) is 0 Å². The first-order valence-corrected chi connectivity index (χ1v) is 7.40. The number of hydrogen-bond acceptors (Lipinski definition) is 3. The van der Waals surface area contributed by atoms with Crippen LogP contribution in [0.15, 0.2) is 0 Å². The van der Waals surface area contributed by atoms with Gasteiger partial charge < -0.3 is 15.4 Å². The molecule has 0 bridgehead atoms. The van der Waals surface area contributed by atoms with Gasteiger partial charge in [0.2, 0.25) is 5.91 Å². The molecule has 4 heteroatoms. The number of ether oxygens (including phenoxy) is 1. The van der Waals surface area contributed by atoms with Crippen LogP contribution in [0.3, 0.4) is 0 Å². The third-order valence-corrected chi connectivity index (χ3v) is 3.30.